The molecular formula is C21H26O5. The average Bonchev–Trinajstić information content (AvgIpc) is 2.97. The van der Waals surface area contributed by atoms with Gasteiger partial charge in [-0.15, -0.1) is 0 Å². The lowest BCUT2D eigenvalue weighted by molar-refractivity contribution is -0.154. The monoisotopic (exact) mass is 358 g/mol. The van der Waals surface area contributed by atoms with Crippen LogP contribution < -0.4 is 0 Å². The molecule has 1 saturated carbocycles. The van der Waals surface area contributed by atoms with Crippen LogP contribution in [0.5, 0.6) is 0 Å². The minimum atomic E-state index is -1.17. The second-order valence-electron chi connectivity index (χ2n) is 7.44. The van der Waals surface area contributed by atoms with Gasteiger partial charge in [-0.2, -0.15) is 0 Å². The summed E-state index contributed by atoms with van der Waals surface area (Å²) in [5, 5.41) is 9.78. The van der Waals surface area contributed by atoms with Crippen molar-refractivity contribution in [3.8, 4) is 0 Å². The number of esters is 2. The maximum atomic E-state index is 12.2. The number of aliphatic hydroxyl groups excluding tert-OH is 1. The number of ether oxygens (including phenoxy) is 2. The number of rotatable bonds is 5. The first kappa shape index (κ1) is 18.6. The lowest BCUT2D eigenvalue weighted by Crippen LogP contribution is -2.39. The Kier molecular flexibility index (Phi) is 5.77. The molecule has 1 aliphatic carbocycles. The van der Waals surface area contributed by atoms with Gasteiger partial charge in [-0.3, -0.25) is 0 Å². The van der Waals surface area contributed by atoms with Crippen LogP contribution in [0.25, 0.3) is 0 Å². The largest absolute Gasteiger partial charge is 0.458 e. The van der Waals surface area contributed by atoms with Gasteiger partial charge in [0.1, 0.15) is 6.61 Å². The van der Waals surface area contributed by atoms with Crippen molar-refractivity contribution in [2.75, 3.05) is 13.2 Å². The number of hydrogen-bond donors (Lipinski definition) is 1. The molecule has 0 spiro atoms. The van der Waals surface area contributed by atoms with Gasteiger partial charge in [-0.05, 0) is 37.8 Å². The quantitative estimate of drug-likeness (QED) is 0.646. The second-order valence-corrected chi connectivity index (χ2v) is 7.44. The molecule has 5 nitrogen and oxygen atoms in total. The molecule has 0 amide bonds. The van der Waals surface area contributed by atoms with E-state index >= 15 is 0 Å². The number of allylic oxidation sites excluding steroid dienone is 1. The van der Waals surface area contributed by atoms with Crippen LogP contribution in [-0.4, -0.2) is 35.9 Å². The summed E-state index contributed by atoms with van der Waals surface area (Å²) in [5.74, 6) is -0.495. The lowest BCUT2D eigenvalue weighted by Gasteiger charge is -2.24. The van der Waals surface area contributed by atoms with E-state index < -0.39 is 17.5 Å². The smallest absolute Gasteiger partial charge is 0.338 e. The van der Waals surface area contributed by atoms with Crippen molar-refractivity contribution in [3.05, 3.63) is 47.0 Å². The zero-order valence-electron chi connectivity index (χ0n) is 15.2. The van der Waals surface area contributed by atoms with Gasteiger partial charge in [-0.25, -0.2) is 9.59 Å². The molecule has 26 heavy (non-hydrogen) atoms. The summed E-state index contributed by atoms with van der Waals surface area (Å²) >= 11 is 0. The molecule has 3 rings (SSSR count). The summed E-state index contributed by atoms with van der Waals surface area (Å²) in [6.07, 6.45) is 8.07. The van der Waals surface area contributed by atoms with E-state index in [1.807, 2.05) is 25.1 Å². The maximum absolute atomic E-state index is 12.2. The Bertz CT molecular complexity index is 685. The van der Waals surface area contributed by atoms with E-state index in [1.165, 1.54) is 19.3 Å². The van der Waals surface area contributed by atoms with Crippen LogP contribution in [0.4, 0.5) is 0 Å². The number of hydrogen-bond acceptors (Lipinski definition) is 5. The van der Waals surface area contributed by atoms with E-state index in [1.54, 1.807) is 12.1 Å². The third-order valence-corrected chi connectivity index (χ3v) is 5.21. The Balaban J connectivity index is 1.63. The van der Waals surface area contributed by atoms with Crippen LogP contribution >= 0.6 is 0 Å². The normalized spacial score (nSPS) is 25.3. The van der Waals surface area contributed by atoms with Crippen LogP contribution in [0.1, 0.15) is 54.4 Å². The first-order chi connectivity index (χ1) is 12.5. The van der Waals surface area contributed by atoms with E-state index in [0.29, 0.717) is 17.1 Å². The maximum Gasteiger partial charge on any atom is 0.338 e. The van der Waals surface area contributed by atoms with Gasteiger partial charge in [0.05, 0.1) is 12.2 Å². The van der Waals surface area contributed by atoms with Crippen LogP contribution in [0.3, 0.4) is 0 Å². The second kappa shape index (κ2) is 8.04. The molecule has 5 heteroatoms. The SMILES string of the molecule is Cc1ccc(C(=O)OCC2(CO)C/C(=C\C3CCCCC3)C(=O)O2)cc1. The molecule has 0 radical (unpaired) electrons. The summed E-state index contributed by atoms with van der Waals surface area (Å²) in [5.41, 5.74) is 0.914. The van der Waals surface area contributed by atoms with Crippen molar-refractivity contribution in [2.24, 2.45) is 5.92 Å². The summed E-state index contributed by atoms with van der Waals surface area (Å²) in [6, 6.07) is 7.05. The molecule has 2 aliphatic rings. The zero-order valence-corrected chi connectivity index (χ0v) is 15.2. The van der Waals surface area contributed by atoms with Crippen LogP contribution in [0.2, 0.25) is 0 Å². The number of cyclic esters (lactones) is 1. The van der Waals surface area contributed by atoms with Crippen molar-refractivity contribution in [1.29, 1.82) is 0 Å². The highest BCUT2D eigenvalue weighted by molar-refractivity contribution is 5.92. The highest BCUT2D eigenvalue weighted by Crippen LogP contribution is 2.34. The summed E-state index contributed by atoms with van der Waals surface area (Å²) < 4.78 is 10.8. The molecule has 140 valence electrons. The average molecular weight is 358 g/mol. The Morgan fingerprint density at radius 2 is 1.96 bits per heavy atom. The number of carbonyl (C=O) groups excluding carboxylic acids is 2. The highest BCUT2D eigenvalue weighted by atomic mass is 16.6. The van der Waals surface area contributed by atoms with Gasteiger partial charge in [0.25, 0.3) is 0 Å². The van der Waals surface area contributed by atoms with E-state index in [0.717, 1.165) is 18.4 Å². The minimum absolute atomic E-state index is 0.149. The van der Waals surface area contributed by atoms with Crippen LogP contribution in [0.15, 0.2) is 35.9 Å². The van der Waals surface area contributed by atoms with E-state index in [-0.39, 0.29) is 19.6 Å². The Morgan fingerprint density at radius 3 is 2.62 bits per heavy atom. The summed E-state index contributed by atoms with van der Waals surface area (Å²) in [6.45, 7) is 1.42. The van der Waals surface area contributed by atoms with Crippen molar-refractivity contribution < 1.29 is 24.2 Å². The number of benzene rings is 1. The Morgan fingerprint density at radius 1 is 1.27 bits per heavy atom. The highest BCUT2D eigenvalue weighted by Gasteiger charge is 2.44. The van der Waals surface area contributed by atoms with E-state index in [9.17, 15) is 14.7 Å². The standard InChI is InChI=1S/C21H26O5/c1-15-7-9-17(10-8-15)19(23)25-14-21(13-22)12-18(20(24)26-21)11-16-5-3-2-4-6-16/h7-11,16,22H,2-6,12-14H2,1H3/b18-11+. The summed E-state index contributed by atoms with van der Waals surface area (Å²) in [7, 11) is 0. The van der Waals surface area contributed by atoms with Crippen molar-refractivity contribution in [1.82, 2.24) is 0 Å². The molecule has 1 heterocycles. The van der Waals surface area contributed by atoms with E-state index in [2.05, 4.69) is 0 Å². The molecule has 1 saturated heterocycles. The first-order valence-corrected chi connectivity index (χ1v) is 9.30. The van der Waals surface area contributed by atoms with Gasteiger partial charge in [0, 0.05) is 12.0 Å². The number of aliphatic hydroxyl groups is 1. The van der Waals surface area contributed by atoms with Crippen molar-refractivity contribution in [3.63, 3.8) is 0 Å². The fraction of sp³-hybridized carbons (Fsp3) is 0.524. The Labute approximate surface area is 154 Å². The molecule has 1 unspecified atom stereocenters. The molecule has 1 aliphatic heterocycles. The number of carbonyl (C=O) groups is 2. The third kappa shape index (κ3) is 4.33. The van der Waals surface area contributed by atoms with Crippen LogP contribution in [0, 0.1) is 12.8 Å². The molecule has 0 aromatic heterocycles. The predicted molar refractivity (Wildman–Crippen MR) is 96.6 cm³/mol. The minimum Gasteiger partial charge on any atom is -0.458 e. The molecule has 0 bridgehead atoms. The molecule has 1 aromatic rings. The topological polar surface area (TPSA) is 72.8 Å². The molecule has 2 fully saturated rings. The van der Waals surface area contributed by atoms with Crippen molar-refractivity contribution in [2.45, 2.75) is 51.0 Å². The van der Waals surface area contributed by atoms with Gasteiger partial charge >= 0.3 is 11.9 Å². The van der Waals surface area contributed by atoms with E-state index in [4.69, 9.17) is 9.47 Å². The first-order valence-electron chi connectivity index (χ1n) is 9.30. The fourth-order valence-corrected chi connectivity index (χ4v) is 3.61. The third-order valence-electron chi connectivity index (χ3n) is 5.21. The molecule has 1 atom stereocenters. The van der Waals surface area contributed by atoms with Gasteiger partial charge in [-0.1, -0.05) is 43.0 Å². The fourth-order valence-electron chi connectivity index (χ4n) is 3.61. The zero-order chi connectivity index (χ0) is 18.6. The number of aryl methyl sites for hydroxylation is 1. The predicted octanol–water partition coefficient (Wildman–Crippen LogP) is 3.34. The summed E-state index contributed by atoms with van der Waals surface area (Å²) in [4.78, 5) is 24.4. The molecule has 1 aromatic carbocycles. The van der Waals surface area contributed by atoms with Crippen molar-refractivity contribution >= 4 is 11.9 Å². The van der Waals surface area contributed by atoms with Gasteiger partial charge < -0.3 is 14.6 Å². The van der Waals surface area contributed by atoms with Gasteiger partial charge in [0.15, 0.2) is 5.60 Å². The van der Waals surface area contributed by atoms with Crippen LogP contribution in [-0.2, 0) is 14.3 Å². The molecular weight excluding hydrogens is 332 g/mol. The lowest BCUT2D eigenvalue weighted by atomic mass is 9.86. The Hall–Kier alpha value is -2.14. The molecule has 1 N–H and O–H groups in total. The van der Waals surface area contributed by atoms with Gasteiger partial charge in [0.2, 0.25) is 0 Å².